The highest BCUT2D eigenvalue weighted by Crippen LogP contribution is 2.33. The Labute approximate surface area is 213 Å². The number of nitrogens with one attached hydrogen (secondary N) is 1. The number of hydrogen-bond acceptors (Lipinski definition) is 3. The number of carboxylic acid groups (broad SMARTS) is 1. The summed E-state index contributed by atoms with van der Waals surface area (Å²) in [6.45, 7) is 6.34. The van der Waals surface area contributed by atoms with Crippen LogP contribution in [-0.4, -0.2) is 18.2 Å². The van der Waals surface area contributed by atoms with Gasteiger partial charge in [0.2, 0.25) is 0 Å². The van der Waals surface area contributed by atoms with Crippen molar-refractivity contribution in [1.29, 1.82) is 0 Å². The lowest BCUT2D eigenvalue weighted by atomic mass is 9.83. The molecule has 1 unspecified atom stereocenters. The van der Waals surface area contributed by atoms with Crippen LogP contribution in [0.25, 0.3) is 21.9 Å². The minimum absolute atomic E-state index is 0. The van der Waals surface area contributed by atoms with Gasteiger partial charge >= 0.3 is 5.97 Å². The molecule has 5 heteroatoms. The Hall–Kier alpha value is -3.34. The highest BCUT2D eigenvalue weighted by molar-refractivity contribution is 5.97. The second kappa shape index (κ2) is 10.9. The van der Waals surface area contributed by atoms with Gasteiger partial charge in [-0.3, -0.25) is 4.79 Å². The zero-order valence-electron chi connectivity index (χ0n) is 20.5. The number of methoxy groups -OCH3 is 1. The van der Waals surface area contributed by atoms with Crippen LogP contribution >= 0.6 is 12.4 Å². The minimum Gasteiger partial charge on any atom is -0.497 e. The third-order valence-electron chi connectivity index (χ3n) is 6.56. The smallest absolute Gasteiger partial charge is 0.313 e. The molecule has 0 aromatic heterocycles. The molecule has 0 heterocycles. The zero-order chi connectivity index (χ0) is 24.3. The van der Waals surface area contributed by atoms with E-state index in [-0.39, 0.29) is 18.4 Å². The Morgan fingerprint density at radius 2 is 1.71 bits per heavy atom. The van der Waals surface area contributed by atoms with E-state index in [9.17, 15) is 9.90 Å². The van der Waals surface area contributed by atoms with Crippen LogP contribution in [0, 0.1) is 0 Å². The molecule has 4 rings (SSSR count). The predicted molar refractivity (Wildman–Crippen MR) is 146 cm³/mol. The van der Waals surface area contributed by atoms with Crippen LogP contribution in [0.5, 0.6) is 5.75 Å². The summed E-state index contributed by atoms with van der Waals surface area (Å²) in [6, 6.07) is 28.9. The van der Waals surface area contributed by atoms with E-state index in [2.05, 4.69) is 54.7 Å². The third kappa shape index (κ3) is 5.67. The van der Waals surface area contributed by atoms with Crippen LogP contribution in [0.15, 0.2) is 84.9 Å². The first-order valence-corrected chi connectivity index (χ1v) is 11.5. The Balaban J connectivity index is 0.00000342. The van der Waals surface area contributed by atoms with E-state index in [1.807, 2.05) is 42.5 Å². The van der Waals surface area contributed by atoms with Crippen molar-refractivity contribution in [2.45, 2.75) is 38.8 Å². The molecule has 0 saturated carbocycles. The van der Waals surface area contributed by atoms with Crippen LogP contribution in [0.4, 0.5) is 0 Å². The molecule has 0 radical (unpaired) electrons. The lowest BCUT2D eigenvalue weighted by Gasteiger charge is -2.21. The van der Waals surface area contributed by atoms with Gasteiger partial charge in [0, 0.05) is 12.6 Å². The Bertz CT molecular complexity index is 1330. The zero-order valence-corrected chi connectivity index (χ0v) is 21.4. The van der Waals surface area contributed by atoms with Gasteiger partial charge in [0.05, 0.1) is 12.5 Å². The highest BCUT2D eigenvalue weighted by atomic mass is 35.5. The van der Waals surface area contributed by atoms with Crippen LogP contribution in [0.2, 0.25) is 0 Å². The molecule has 0 aliphatic heterocycles. The Morgan fingerprint density at radius 1 is 0.971 bits per heavy atom. The number of hydrogen-bond donors (Lipinski definition) is 2. The molecule has 0 spiro atoms. The summed E-state index contributed by atoms with van der Waals surface area (Å²) in [6.07, 6.45) is 0. The number of carbonyl (C=O) groups is 1. The largest absolute Gasteiger partial charge is 0.497 e. The molecule has 182 valence electrons. The van der Waals surface area contributed by atoms with Gasteiger partial charge in [-0.1, -0.05) is 60.7 Å². The number of benzene rings is 4. The summed E-state index contributed by atoms with van der Waals surface area (Å²) in [5, 5.41) is 15.6. The van der Waals surface area contributed by atoms with Crippen LogP contribution < -0.4 is 10.1 Å². The predicted octanol–water partition coefficient (Wildman–Crippen LogP) is 7.15. The summed E-state index contributed by atoms with van der Waals surface area (Å²) in [5.74, 6) is 0.0160. The van der Waals surface area contributed by atoms with Gasteiger partial charge in [-0.2, -0.15) is 0 Å². The highest BCUT2D eigenvalue weighted by Gasteiger charge is 2.29. The molecule has 0 aliphatic carbocycles. The molecule has 2 N–H and O–H groups in total. The van der Waals surface area contributed by atoms with Crippen molar-refractivity contribution < 1.29 is 14.6 Å². The average molecular weight is 490 g/mol. The fourth-order valence-corrected chi connectivity index (χ4v) is 4.21. The van der Waals surface area contributed by atoms with Crippen molar-refractivity contribution in [3.05, 3.63) is 102 Å². The second-order valence-electron chi connectivity index (χ2n) is 9.25. The van der Waals surface area contributed by atoms with Gasteiger partial charge < -0.3 is 15.2 Å². The molecule has 1 atom stereocenters. The summed E-state index contributed by atoms with van der Waals surface area (Å²) in [5.41, 5.74) is 4.29. The van der Waals surface area contributed by atoms with E-state index in [1.165, 1.54) is 11.1 Å². The average Bonchev–Trinajstić information content (AvgIpc) is 2.86. The topological polar surface area (TPSA) is 58.6 Å². The maximum absolute atomic E-state index is 11.8. The van der Waals surface area contributed by atoms with E-state index >= 15 is 0 Å². The first-order chi connectivity index (χ1) is 16.3. The summed E-state index contributed by atoms with van der Waals surface area (Å²) in [4.78, 5) is 11.8. The Morgan fingerprint density at radius 3 is 2.46 bits per heavy atom. The molecule has 4 nitrogen and oxygen atoms in total. The van der Waals surface area contributed by atoms with Gasteiger partial charge in [0.1, 0.15) is 5.75 Å². The van der Waals surface area contributed by atoms with Crippen LogP contribution in [0.3, 0.4) is 0 Å². The molecular formula is C30H32ClNO3. The van der Waals surface area contributed by atoms with Crippen molar-refractivity contribution in [3.8, 4) is 16.9 Å². The van der Waals surface area contributed by atoms with Crippen LogP contribution in [-0.2, 0) is 16.8 Å². The van der Waals surface area contributed by atoms with Crippen molar-refractivity contribution >= 4 is 29.1 Å². The van der Waals surface area contributed by atoms with Crippen LogP contribution in [0.1, 0.15) is 43.5 Å². The third-order valence-corrected chi connectivity index (χ3v) is 6.56. The second-order valence-corrected chi connectivity index (χ2v) is 9.25. The quantitative estimate of drug-likeness (QED) is 0.276. The van der Waals surface area contributed by atoms with E-state index in [1.54, 1.807) is 21.0 Å². The fraction of sp³-hybridized carbons (Fsp3) is 0.233. The van der Waals surface area contributed by atoms with E-state index in [0.717, 1.165) is 33.2 Å². The summed E-state index contributed by atoms with van der Waals surface area (Å²) >= 11 is 0. The number of rotatable bonds is 8. The molecule has 0 fully saturated rings. The Kier molecular flexibility index (Phi) is 8.21. The van der Waals surface area contributed by atoms with Crippen molar-refractivity contribution in [2.75, 3.05) is 7.11 Å². The van der Waals surface area contributed by atoms with Gasteiger partial charge in [-0.05, 0) is 83.6 Å². The van der Waals surface area contributed by atoms with Crippen molar-refractivity contribution in [1.82, 2.24) is 5.32 Å². The monoisotopic (exact) mass is 489 g/mol. The summed E-state index contributed by atoms with van der Waals surface area (Å²) in [7, 11) is 1.68. The number of halogens is 1. The number of fused-ring (bicyclic) bond motifs is 1. The maximum atomic E-state index is 11.8. The number of carboxylic acids is 1. The molecule has 4 aromatic rings. The normalized spacial score (nSPS) is 12.1. The standard InChI is InChI=1S/C30H31NO3.ClH/c1-20(22-10-8-13-26(18-22)34-4)31-19-21-15-23-9-5-6-14-27(23)28(16-21)24-11-7-12-25(17-24)30(2,3)29(32)33;/h5-18,20,31H,19H2,1-4H3,(H,32,33);1H. The van der Waals surface area contributed by atoms with Crippen molar-refractivity contribution in [3.63, 3.8) is 0 Å². The van der Waals surface area contributed by atoms with Gasteiger partial charge in [-0.15, -0.1) is 12.4 Å². The van der Waals surface area contributed by atoms with E-state index in [4.69, 9.17) is 4.74 Å². The first-order valence-electron chi connectivity index (χ1n) is 11.5. The molecule has 0 amide bonds. The maximum Gasteiger partial charge on any atom is 0.313 e. The molecule has 0 bridgehead atoms. The van der Waals surface area contributed by atoms with E-state index < -0.39 is 11.4 Å². The number of ether oxygens (including phenoxy) is 1. The molecular weight excluding hydrogens is 458 g/mol. The van der Waals surface area contributed by atoms with Gasteiger partial charge in [0.25, 0.3) is 0 Å². The lowest BCUT2D eigenvalue weighted by molar-refractivity contribution is -0.142. The SMILES string of the molecule is COc1cccc(C(C)NCc2cc(-c3cccc(C(C)(C)C(=O)O)c3)c3ccccc3c2)c1.Cl. The molecule has 0 aliphatic rings. The van der Waals surface area contributed by atoms with Crippen molar-refractivity contribution in [2.24, 2.45) is 0 Å². The molecule has 35 heavy (non-hydrogen) atoms. The fourth-order valence-electron chi connectivity index (χ4n) is 4.21. The first kappa shape index (κ1) is 26.3. The molecule has 4 aromatic carbocycles. The lowest BCUT2D eigenvalue weighted by Crippen LogP contribution is -2.28. The van der Waals surface area contributed by atoms with Gasteiger partial charge in [0.15, 0.2) is 0 Å². The molecule has 0 saturated heterocycles. The van der Waals surface area contributed by atoms with E-state index in [0.29, 0.717) is 6.54 Å². The summed E-state index contributed by atoms with van der Waals surface area (Å²) < 4.78 is 5.36. The number of aliphatic carboxylic acids is 1. The van der Waals surface area contributed by atoms with Gasteiger partial charge in [-0.25, -0.2) is 0 Å². The minimum atomic E-state index is -0.961.